The second kappa shape index (κ2) is 7.72. The fourth-order valence-corrected chi connectivity index (χ4v) is 2.00. The lowest BCUT2D eigenvalue weighted by atomic mass is 10.1. The number of carbonyl (C=O) groups is 1. The molecule has 0 saturated carbocycles. The molecule has 0 aliphatic heterocycles. The van der Waals surface area contributed by atoms with E-state index in [2.05, 4.69) is 10.6 Å². The van der Waals surface area contributed by atoms with Gasteiger partial charge in [0.05, 0.1) is 12.2 Å². The number of rotatable bonds is 5. The number of carbonyl (C=O) groups excluding carboxylic acids is 1. The average Bonchev–Trinajstić information content (AvgIpc) is 2.56. The lowest BCUT2D eigenvalue weighted by Crippen LogP contribution is -2.32. The van der Waals surface area contributed by atoms with E-state index in [1.54, 1.807) is 0 Å². The van der Waals surface area contributed by atoms with Crippen LogP contribution in [0.2, 0.25) is 0 Å². The standard InChI is InChI=1S/C17H17F3N2O2/c1-10-4-3-5-14(11(10)2)24-9-8-21-17(23)22-13-7-6-12(18)15(19)16(13)20/h3-7H,8-9H2,1-2H3,(H2,21,22,23). The van der Waals surface area contributed by atoms with Crippen molar-refractivity contribution in [3.8, 4) is 5.75 Å². The minimum atomic E-state index is -1.63. The molecule has 0 saturated heterocycles. The molecule has 2 aromatic carbocycles. The molecule has 0 unspecified atom stereocenters. The fraction of sp³-hybridized carbons (Fsp3) is 0.235. The summed E-state index contributed by atoms with van der Waals surface area (Å²) in [5.74, 6) is -3.69. The van der Waals surface area contributed by atoms with Gasteiger partial charge in [-0.3, -0.25) is 0 Å². The van der Waals surface area contributed by atoms with Crippen LogP contribution in [-0.4, -0.2) is 19.2 Å². The number of amides is 2. The van der Waals surface area contributed by atoms with Crippen LogP contribution >= 0.6 is 0 Å². The van der Waals surface area contributed by atoms with Gasteiger partial charge in [-0.2, -0.15) is 0 Å². The molecule has 0 bridgehead atoms. The van der Waals surface area contributed by atoms with Crippen molar-refractivity contribution in [2.24, 2.45) is 0 Å². The van der Waals surface area contributed by atoms with Gasteiger partial charge in [0.15, 0.2) is 17.5 Å². The summed E-state index contributed by atoms with van der Waals surface area (Å²) in [6.45, 7) is 4.25. The van der Waals surface area contributed by atoms with Gasteiger partial charge < -0.3 is 15.4 Å². The lowest BCUT2D eigenvalue weighted by molar-refractivity contribution is 0.247. The molecule has 0 atom stereocenters. The van der Waals surface area contributed by atoms with E-state index in [9.17, 15) is 18.0 Å². The summed E-state index contributed by atoms with van der Waals surface area (Å²) in [6.07, 6.45) is 0. The molecular weight excluding hydrogens is 321 g/mol. The van der Waals surface area contributed by atoms with Crippen molar-refractivity contribution in [3.05, 3.63) is 58.9 Å². The molecule has 128 valence electrons. The largest absolute Gasteiger partial charge is 0.491 e. The zero-order chi connectivity index (χ0) is 17.7. The third-order valence-electron chi connectivity index (χ3n) is 3.48. The van der Waals surface area contributed by atoms with Crippen LogP contribution in [0.15, 0.2) is 30.3 Å². The summed E-state index contributed by atoms with van der Waals surface area (Å²) in [5, 5.41) is 4.55. The van der Waals surface area contributed by atoms with Crippen molar-refractivity contribution >= 4 is 11.7 Å². The predicted molar refractivity (Wildman–Crippen MR) is 84.7 cm³/mol. The van der Waals surface area contributed by atoms with Crippen molar-refractivity contribution in [2.45, 2.75) is 13.8 Å². The number of aryl methyl sites for hydroxylation is 1. The molecule has 7 heteroatoms. The molecule has 2 amide bonds. The Labute approximate surface area is 137 Å². The molecule has 0 fully saturated rings. The van der Waals surface area contributed by atoms with E-state index >= 15 is 0 Å². The first-order valence-corrected chi connectivity index (χ1v) is 7.27. The average molecular weight is 338 g/mol. The number of hydrogen-bond acceptors (Lipinski definition) is 2. The molecule has 4 nitrogen and oxygen atoms in total. The van der Waals surface area contributed by atoms with Crippen molar-refractivity contribution in [1.29, 1.82) is 0 Å². The Kier molecular flexibility index (Phi) is 5.68. The van der Waals surface area contributed by atoms with Gasteiger partial charge in [-0.15, -0.1) is 0 Å². The first-order valence-electron chi connectivity index (χ1n) is 7.27. The second-order valence-corrected chi connectivity index (χ2v) is 5.15. The van der Waals surface area contributed by atoms with Crippen LogP contribution in [0, 0.1) is 31.3 Å². The molecule has 24 heavy (non-hydrogen) atoms. The van der Waals surface area contributed by atoms with Crippen molar-refractivity contribution in [2.75, 3.05) is 18.5 Å². The maximum absolute atomic E-state index is 13.4. The second-order valence-electron chi connectivity index (χ2n) is 5.15. The summed E-state index contributed by atoms with van der Waals surface area (Å²) in [5.41, 5.74) is 1.65. The first-order chi connectivity index (χ1) is 11.4. The molecule has 0 heterocycles. The van der Waals surface area contributed by atoms with Crippen LogP contribution in [0.5, 0.6) is 5.75 Å². The van der Waals surface area contributed by atoms with Gasteiger partial charge in [0, 0.05) is 0 Å². The van der Waals surface area contributed by atoms with E-state index in [1.165, 1.54) is 0 Å². The molecule has 0 aromatic heterocycles. The molecule has 0 aliphatic carbocycles. The fourth-order valence-electron chi connectivity index (χ4n) is 2.00. The number of urea groups is 1. The summed E-state index contributed by atoms with van der Waals surface area (Å²) >= 11 is 0. The van der Waals surface area contributed by atoms with E-state index < -0.39 is 29.2 Å². The SMILES string of the molecule is Cc1cccc(OCCNC(=O)Nc2ccc(F)c(F)c2F)c1C. The Morgan fingerprint density at radius 1 is 1.08 bits per heavy atom. The third-order valence-corrected chi connectivity index (χ3v) is 3.48. The molecule has 2 N–H and O–H groups in total. The van der Waals surface area contributed by atoms with Crippen LogP contribution in [-0.2, 0) is 0 Å². The van der Waals surface area contributed by atoms with E-state index in [-0.39, 0.29) is 13.2 Å². The van der Waals surface area contributed by atoms with Crippen LogP contribution in [0.4, 0.5) is 23.7 Å². The maximum Gasteiger partial charge on any atom is 0.319 e. The van der Waals surface area contributed by atoms with E-state index in [1.807, 2.05) is 32.0 Å². The topological polar surface area (TPSA) is 50.4 Å². The Morgan fingerprint density at radius 2 is 1.83 bits per heavy atom. The highest BCUT2D eigenvalue weighted by atomic mass is 19.2. The number of hydrogen-bond donors (Lipinski definition) is 2. The molecule has 0 radical (unpaired) electrons. The Hall–Kier alpha value is -2.70. The first kappa shape index (κ1) is 17.7. The highest BCUT2D eigenvalue weighted by Gasteiger charge is 2.14. The molecular formula is C17H17F3N2O2. The van der Waals surface area contributed by atoms with Gasteiger partial charge in [-0.05, 0) is 43.2 Å². The number of ether oxygens (including phenoxy) is 1. The number of halogens is 3. The normalized spacial score (nSPS) is 10.4. The third kappa shape index (κ3) is 4.18. The Bertz CT molecular complexity index is 751. The van der Waals surface area contributed by atoms with Crippen LogP contribution < -0.4 is 15.4 Å². The van der Waals surface area contributed by atoms with Gasteiger partial charge in [0.1, 0.15) is 12.4 Å². The van der Waals surface area contributed by atoms with Crippen molar-refractivity contribution in [3.63, 3.8) is 0 Å². The number of nitrogens with one attached hydrogen (secondary N) is 2. The van der Waals surface area contributed by atoms with Crippen molar-refractivity contribution < 1.29 is 22.7 Å². The summed E-state index contributed by atoms with van der Waals surface area (Å²) in [7, 11) is 0. The summed E-state index contributed by atoms with van der Waals surface area (Å²) < 4.78 is 44.9. The van der Waals surface area contributed by atoms with Gasteiger partial charge in [-0.25, -0.2) is 18.0 Å². The zero-order valence-corrected chi connectivity index (χ0v) is 13.3. The minimum Gasteiger partial charge on any atom is -0.491 e. The smallest absolute Gasteiger partial charge is 0.319 e. The zero-order valence-electron chi connectivity index (χ0n) is 13.3. The van der Waals surface area contributed by atoms with Crippen LogP contribution in [0.1, 0.15) is 11.1 Å². The van der Waals surface area contributed by atoms with E-state index in [0.717, 1.165) is 23.3 Å². The van der Waals surface area contributed by atoms with Gasteiger partial charge in [-0.1, -0.05) is 12.1 Å². The molecule has 0 aliphatic rings. The predicted octanol–water partition coefficient (Wildman–Crippen LogP) is 3.92. The lowest BCUT2D eigenvalue weighted by Gasteiger charge is -2.12. The van der Waals surface area contributed by atoms with Gasteiger partial charge >= 0.3 is 6.03 Å². The summed E-state index contributed by atoms with van der Waals surface area (Å²) in [6, 6.07) is 6.58. The molecule has 2 rings (SSSR count). The minimum absolute atomic E-state index is 0.157. The highest BCUT2D eigenvalue weighted by molar-refractivity contribution is 5.89. The van der Waals surface area contributed by atoms with Crippen LogP contribution in [0.25, 0.3) is 0 Å². The van der Waals surface area contributed by atoms with Gasteiger partial charge in [0.25, 0.3) is 0 Å². The highest BCUT2D eigenvalue weighted by Crippen LogP contribution is 2.20. The number of anilines is 1. The van der Waals surface area contributed by atoms with Gasteiger partial charge in [0.2, 0.25) is 0 Å². The van der Waals surface area contributed by atoms with E-state index in [0.29, 0.717) is 5.75 Å². The maximum atomic E-state index is 13.4. The monoisotopic (exact) mass is 338 g/mol. The Morgan fingerprint density at radius 3 is 2.58 bits per heavy atom. The van der Waals surface area contributed by atoms with E-state index in [4.69, 9.17) is 4.74 Å². The summed E-state index contributed by atoms with van der Waals surface area (Å²) in [4.78, 5) is 11.6. The van der Waals surface area contributed by atoms with Crippen molar-refractivity contribution in [1.82, 2.24) is 5.32 Å². The van der Waals surface area contributed by atoms with Crippen LogP contribution in [0.3, 0.4) is 0 Å². The molecule has 2 aromatic rings. The quantitative estimate of drug-likeness (QED) is 0.641. The number of benzene rings is 2. The molecule has 0 spiro atoms. The Balaban J connectivity index is 1.82.